The van der Waals surface area contributed by atoms with Gasteiger partial charge < -0.3 is 19.3 Å². The number of piperidine rings is 1. The first-order valence-electron chi connectivity index (χ1n) is 11.8. The van der Waals surface area contributed by atoms with Gasteiger partial charge in [0, 0.05) is 50.1 Å². The number of para-hydroxylation sites is 1. The molecule has 0 saturated carbocycles. The van der Waals surface area contributed by atoms with E-state index in [9.17, 15) is 4.79 Å². The molecule has 8 heteroatoms. The van der Waals surface area contributed by atoms with Crippen LogP contribution in [0.3, 0.4) is 0 Å². The second-order valence-electron chi connectivity index (χ2n) is 8.74. The number of anilines is 1. The zero-order valence-electron chi connectivity index (χ0n) is 19.4. The smallest absolute Gasteiger partial charge is 0.254 e. The lowest BCUT2D eigenvalue weighted by Crippen LogP contribution is -2.40. The van der Waals surface area contributed by atoms with Crippen molar-refractivity contribution in [3.05, 3.63) is 71.8 Å². The molecular weight excluding hydrogens is 430 g/mol. The summed E-state index contributed by atoms with van der Waals surface area (Å²) in [6.45, 7) is 6.28. The number of pyridine rings is 1. The Hall–Kier alpha value is -3.52. The fraction of sp³-hybridized carbons (Fsp3) is 0.385. The highest BCUT2D eigenvalue weighted by Crippen LogP contribution is 2.29. The molecule has 1 atom stereocenters. The van der Waals surface area contributed by atoms with Crippen LogP contribution in [0, 0.1) is 6.92 Å². The number of hydrogen-bond acceptors (Lipinski definition) is 7. The number of carbonyl (C=O) groups is 1. The van der Waals surface area contributed by atoms with Crippen molar-refractivity contribution < 1.29 is 14.3 Å². The van der Waals surface area contributed by atoms with Gasteiger partial charge in [0.05, 0.1) is 25.1 Å². The number of ether oxygens (including phenoxy) is 2. The van der Waals surface area contributed by atoms with Crippen LogP contribution in [0.4, 0.5) is 5.82 Å². The molecule has 0 spiro atoms. The number of morpholine rings is 1. The van der Waals surface area contributed by atoms with Gasteiger partial charge in [0.15, 0.2) is 0 Å². The van der Waals surface area contributed by atoms with Crippen molar-refractivity contribution in [2.45, 2.75) is 25.7 Å². The summed E-state index contributed by atoms with van der Waals surface area (Å²) in [6.07, 6.45) is 7.01. The Bertz CT molecular complexity index is 1150. The van der Waals surface area contributed by atoms with Gasteiger partial charge in [0.1, 0.15) is 11.6 Å². The normalized spacial score (nSPS) is 18.6. The van der Waals surface area contributed by atoms with E-state index in [1.165, 1.54) is 0 Å². The Morgan fingerprint density at radius 1 is 1.12 bits per heavy atom. The molecule has 0 bridgehead atoms. The van der Waals surface area contributed by atoms with Crippen LogP contribution in [0.5, 0.6) is 11.6 Å². The molecular formula is C26H29N5O3. The minimum Gasteiger partial charge on any atom is -0.437 e. The molecule has 2 aliphatic rings. The molecule has 34 heavy (non-hydrogen) atoms. The number of aryl methyl sites for hydroxylation is 1. The first-order valence-corrected chi connectivity index (χ1v) is 11.8. The Kier molecular flexibility index (Phi) is 6.67. The molecule has 2 fully saturated rings. The molecule has 8 nitrogen and oxygen atoms in total. The van der Waals surface area contributed by atoms with Crippen LogP contribution in [-0.2, 0) is 4.74 Å². The molecule has 4 heterocycles. The molecule has 0 unspecified atom stereocenters. The molecule has 0 aliphatic carbocycles. The number of aromatic nitrogens is 3. The molecule has 2 saturated heterocycles. The maximum atomic E-state index is 13.4. The number of rotatable bonds is 5. The van der Waals surface area contributed by atoms with E-state index in [4.69, 9.17) is 14.5 Å². The van der Waals surface area contributed by atoms with E-state index in [-0.39, 0.29) is 11.8 Å². The summed E-state index contributed by atoms with van der Waals surface area (Å²) in [5, 5.41) is 0. The zero-order valence-corrected chi connectivity index (χ0v) is 19.4. The monoisotopic (exact) mass is 459 g/mol. The standard InChI is InChI=1S/C26H29N5O3/c1-19-5-2-3-7-23(19)34-25-17-27-16-22(29-25)21-6-4-10-31(18-21)26(32)20-8-9-28-24(15-20)30-11-13-33-14-12-30/h2-3,5,7-9,15-17,21H,4,6,10-14,18H2,1H3/t21-/m1/s1. The van der Waals surface area contributed by atoms with E-state index in [1.54, 1.807) is 24.7 Å². The van der Waals surface area contributed by atoms with Crippen molar-refractivity contribution in [3.8, 4) is 11.6 Å². The van der Waals surface area contributed by atoms with Crippen molar-refractivity contribution in [3.63, 3.8) is 0 Å². The van der Waals surface area contributed by atoms with Crippen LogP contribution in [-0.4, -0.2) is 65.2 Å². The Morgan fingerprint density at radius 3 is 2.82 bits per heavy atom. The van der Waals surface area contributed by atoms with E-state index in [0.29, 0.717) is 31.2 Å². The van der Waals surface area contributed by atoms with Crippen LogP contribution in [0.1, 0.15) is 40.4 Å². The highest BCUT2D eigenvalue weighted by molar-refractivity contribution is 5.95. The van der Waals surface area contributed by atoms with E-state index < -0.39 is 0 Å². The van der Waals surface area contributed by atoms with Gasteiger partial charge in [-0.25, -0.2) is 9.97 Å². The summed E-state index contributed by atoms with van der Waals surface area (Å²) in [7, 11) is 0. The minimum absolute atomic E-state index is 0.0295. The molecule has 1 amide bonds. The van der Waals surface area contributed by atoms with Crippen LogP contribution < -0.4 is 9.64 Å². The average Bonchev–Trinajstić information content (AvgIpc) is 2.90. The van der Waals surface area contributed by atoms with Crippen molar-refractivity contribution in [1.29, 1.82) is 0 Å². The Morgan fingerprint density at radius 2 is 1.97 bits per heavy atom. The molecule has 3 aromatic rings. The largest absolute Gasteiger partial charge is 0.437 e. The molecule has 176 valence electrons. The fourth-order valence-corrected chi connectivity index (χ4v) is 4.49. The quantitative estimate of drug-likeness (QED) is 0.574. The highest BCUT2D eigenvalue weighted by Gasteiger charge is 2.27. The number of carbonyl (C=O) groups excluding carboxylic acids is 1. The van der Waals surface area contributed by atoms with Crippen molar-refractivity contribution in [2.75, 3.05) is 44.3 Å². The summed E-state index contributed by atoms with van der Waals surface area (Å²) in [5.41, 5.74) is 2.56. The van der Waals surface area contributed by atoms with Gasteiger partial charge in [0.25, 0.3) is 5.91 Å². The van der Waals surface area contributed by atoms with Gasteiger partial charge in [-0.15, -0.1) is 0 Å². The van der Waals surface area contributed by atoms with Crippen LogP contribution in [0.2, 0.25) is 0 Å². The average molecular weight is 460 g/mol. The van der Waals surface area contributed by atoms with Crippen molar-refractivity contribution >= 4 is 11.7 Å². The van der Waals surface area contributed by atoms with Gasteiger partial charge >= 0.3 is 0 Å². The van der Waals surface area contributed by atoms with Crippen LogP contribution >= 0.6 is 0 Å². The van der Waals surface area contributed by atoms with Crippen LogP contribution in [0.25, 0.3) is 0 Å². The van der Waals surface area contributed by atoms with E-state index in [0.717, 1.165) is 55.3 Å². The lowest BCUT2D eigenvalue weighted by molar-refractivity contribution is 0.0705. The Balaban J connectivity index is 1.29. The maximum Gasteiger partial charge on any atom is 0.254 e. The first kappa shape index (κ1) is 22.3. The third kappa shape index (κ3) is 5.02. The maximum absolute atomic E-state index is 13.4. The number of hydrogen-bond donors (Lipinski definition) is 0. The molecule has 2 aromatic heterocycles. The number of nitrogens with zero attached hydrogens (tertiary/aromatic N) is 5. The molecule has 0 radical (unpaired) electrons. The van der Waals surface area contributed by atoms with Gasteiger partial charge in [0.2, 0.25) is 5.88 Å². The zero-order chi connectivity index (χ0) is 23.3. The number of amides is 1. The van der Waals surface area contributed by atoms with Crippen molar-refractivity contribution in [1.82, 2.24) is 19.9 Å². The van der Waals surface area contributed by atoms with Gasteiger partial charge in [-0.1, -0.05) is 18.2 Å². The second-order valence-corrected chi connectivity index (χ2v) is 8.74. The summed E-state index contributed by atoms with van der Waals surface area (Å²) < 4.78 is 11.4. The topological polar surface area (TPSA) is 80.7 Å². The SMILES string of the molecule is Cc1ccccc1Oc1cncc([C@@H]2CCCN(C(=O)c3ccnc(N4CCOCC4)c3)C2)n1. The van der Waals surface area contributed by atoms with E-state index in [2.05, 4.69) is 14.9 Å². The van der Waals surface area contributed by atoms with E-state index >= 15 is 0 Å². The predicted octanol–water partition coefficient (Wildman–Crippen LogP) is 3.83. The molecule has 5 rings (SSSR count). The summed E-state index contributed by atoms with van der Waals surface area (Å²) >= 11 is 0. The second kappa shape index (κ2) is 10.2. The highest BCUT2D eigenvalue weighted by atomic mass is 16.5. The van der Waals surface area contributed by atoms with Crippen LogP contribution in [0.15, 0.2) is 55.0 Å². The number of likely N-dealkylation sites (tertiary alicyclic amines) is 1. The minimum atomic E-state index is 0.0295. The first-order chi connectivity index (χ1) is 16.7. The van der Waals surface area contributed by atoms with E-state index in [1.807, 2.05) is 42.2 Å². The fourth-order valence-electron chi connectivity index (χ4n) is 4.49. The molecule has 0 N–H and O–H groups in total. The van der Waals surface area contributed by atoms with Gasteiger partial charge in [-0.3, -0.25) is 9.78 Å². The van der Waals surface area contributed by atoms with Gasteiger partial charge in [-0.2, -0.15) is 0 Å². The lowest BCUT2D eigenvalue weighted by atomic mass is 9.94. The van der Waals surface area contributed by atoms with Gasteiger partial charge in [-0.05, 0) is 43.5 Å². The third-order valence-corrected chi connectivity index (χ3v) is 6.39. The van der Waals surface area contributed by atoms with Crippen molar-refractivity contribution in [2.24, 2.45) is 0 Å². The number of benzene rings is 1. The summed E-state index contributed by atoms with van der Waals surface area (Å²) in [6, 6.07) is 11.5. The molecule has 2 aliphatic heterocycles. The third-order valence-electron chi connectivity index (χ3n) is 6.39. The lowest BCUT2D eigenvalue weighted by Gasteiger charge is -2.33. The Labute approximate surface area is 199 Å². The molecule has 1 aromatic carbocycles. The summed E-state index contributed by atoms with van der Waals surface area (Å²) in [5.74, 6) is 2.21. The summed E-state index contributed by atoms with van der Waals surface area (Å²) in [4.78, 5) is 31.0. The predicted molar refractivity (Wildman–Crippen MR) is 128 cm³/mol.